The second-order valence-corrected chi connectivity index (χ2v) is 16.8. The van der Waals surface area contributed by atoms with E-state index in [1.807, 2.05) is 48.5 Å². The highest BCUT2D eigenvalue weighted by molar-refractivity contribution is 6.99. The molecule has 7 heteroatoms. The maximum Gasteiger partial charge on any atom is 0.261 e. The molecule has 0 N–H and O–H groups in total. The molecular formula is C38H46O6Si. The zero-order valence-electron chi connectivity index (χ0n) is 27.0. The van der Waals surface area contributed by atoms with E-state index in [0.29, 0.717) is 19.8 Å². The first kappa shape index (κ1) is 33.2. The van der Waals surface area contributed by atoms with Crippen molar-refractivity contribution in [3.8, 4) is 0 Å². The molecule has 5 atom stereocenters. The minimum absolute atomic E-state index is 0.182. The lowest BCUT2D eigenvalue weighted by Crippen LogP contribution is -2.68. The van der Waals surface area contributed by atoms with Crippen LogP contribution in [0.5, 0.6) is 0 Å². The Bertz CT molecular complexity index is 1380. The zero-order chi connectivity index (χ0) is 31.7. The number of rotatable bonds is 13. The van der Waals surface area contributed by atoms with E-state index in [2.05, 4.69) is 93.6 Å². The van der Waals surface area contributed by atoms with Crippen LogP contribution in [0.2, 0.25) is 5.04 Å². The van der Waals surface area contributed by atoms with Crippen molar-refractivity contribution in [3.05, 3.63) is 132 Å². The monoisotopic (exact) mass is 626 g/mol. The Morgan fingerprint density at radius 1 is 0.578 bits per heavy atom. The molecule has 4 aromatic rings. The molecule has 0 spiro atoms. The summed E-state index contributed by atoms with van der Waals surface area (Å²) in [5.41, 5.74) is 2.12. The fraction of sp³-hybridized carbons (Fsp3) is 0.368. The Kier molecular flexibility index (Phi) is 11.4. The fourth-order valence-corrected chi connectivity index (χ4v) is 10.9. The molecule has 1 aliphatic rings. The van der Waals surface area contributed by atoms with Gasteiger partial charge in [-0.2, -0.15) is 0 Å². The molecular weight excluding hydrogens is 580 g/mol. The Morgan fingerprint density at radius 3 is 1.44 bits per heavy atom. The quantitative estimate of drug-likeness (QED) is 0.167. The lowest BCUT2D eigenvalue weighted by Gasteiger charge is -2.47. The van der Waals surface area contributed by atoms with Gasteiger partial charge in [-0.25, -0.2) is 0 Å². The first-order valence-electron chi connectivity index (χ1n) is 15.6. The van der Waals surface area contributed by atoms with Crippen molar-refractivity contribution < 1.29 is 28.1 Å². The van der Waals surface area contributed by atoms with Crippen molar-refractivity contribution in [2.45, 2.75) is 69.7 Å². The number of ether oxygens (including phenoxy) is 5. The predicted molar refractivity (Wildman–Crippen MR) is 180 cm³/mol. The minimum atomic E-state index is -2.83. The largest absolute Gasteiger partial charge is 0.405 e. The fourth-order valence-electron chi connectivity index (χ4n) is 6.36. The van der Waals surface area contributed by atoms with Crippen molar-refractivity contribution >= 4 is 18.7 Å². The first-order valence-corrected chi connectivity index (χ1v) is 17.6. The van der Waals surface area contributed by atoms with E-state index in [-0.39, 0.29) is 5.04 Å². The number of hydrogen-bond donors (Lipinski definition) is 0. The molecule has 1 saturated heterocycles. The van der Waals surface area contributed by atoms with Crippen molar-refractivity contribution in [2.24, 2.45) is 0 Å². The Balaban J connectivity index is 1.47. The first-order chi connectivity index (χ1) is 21.9. The molecule has 0 bridgehead atoms. The molecule has 5 rings (SSSR count). The van der Waals surface area contributed by atoms with Gasteiger partial charge in [0.05, 0.1) is 19.8 Å². The average molecular weight is 627 g/mol. The molecule has 4 aromatic carbocycles. The van der Waals surface area contributed by atoms with Gasteiger partial charge in [-0.1, -0.05) is 142 Å². The van der Waals surface area contributed by atoms with Gasteiger partial charge in [0, 0.05) is 14.2 Å². The van der Waals surface area contributed by atoms with Gasteiger partial charge in [0.2, 0.25) is 0 Å². The van der Waals surface area contributed by atoms with Crippen LogP contribution in [0.4, 0.5) is 0 Å². The summed E-state index contributed by atoms with van der Waals surface area (Å²) >= 11 is 0. The molecule has 0 radical (unpaired) electrons. The van der Waals surface area contributed by atoms with E-state index in [1.165, 1.54) is 10.4 Å². The van der Waals surface area contributed by atoms with Crippen LogP contribution in [0.1, 0.15) is 31.9 Å². The van der Waals surface area contributed by atoms with E-state index in [1.54, 1.807) is 14.2 Å². The van der Waals surface area contributed by atoms with Crippen LogP contribution >= 0.6 is 0 Å². The van der Waals surface area contributed by atoms with Crippen LogP contribution in [0.25, 0.3) is 0 Å². The standard InChI is InChI=1S/C38H46O6Si/c1-38(2,3)45(31-22-14-8-15-23-31,32-24-16-9-17-25-32)43-28-33-34(39-4)35(41-26-29-18-10-6-11-19-29)36(37(40-5)44-33)42-27-30-20-12-7-13-21-30/h6-25,33-37H,26-28H2,1-5H3/t33-,34-,35+,36-,37+/m1/s1. The maximum absolute atomic E-state index is 7.29. The Hall–Kier alpha value is -3.14. The second-order valence-electron chi connectivity index (χ2n) is 12.5. The van der Waals surface area contributed by atoms with E-state index in [9.17, 15) is 0 Å². The molecule has 0 aromatic heterocycles. The molecule has 1 fully saturated rings. The van der Waals surface area contributed by atoms with Crippen molar-refractivity contribution in [2.75, 3.05) is 20.8 Å². The summed E-state index contributed by atoms with van der Waals surface area (Å²) in [7, 11) is 0.517. The Morgan fingerprint density at radius 2 is 1.02 bits per heavy atom. The van der Waals surface area contributed by atoms with Gasteiger partial charge >= 0.3 is 0 Å². The summed E-state index contributed by atoms with van der Waals surface area (Å²) in [5.74, 6) is 0. The molecule has 45 heavy (non-hydrogen) atoms. The van der Waals surface area contributed by atoms with Crippen LogP contribution in [0.15, 0.2) is 121 Å². The second kappa shape index (κ2) is 15.4. The lowest BCUT2D eigenvalue weighted by molar-refractivity contribution is -0.316. The summed E-state index contributed by atoms with van der Waals surface area (Å²) in [6.45, 7) is 7.89. The highest BCUT2D eigenvalue weighted by Gasteiger charge is 2.53. The third-order valence-electron chi connectivity index (χ3n) is 8.55. The third-order valence-corrected chi connectivity index (χ3v) is 13.6. The van der Waals surface area contributed by atoms with Gasteiger partial charge in [0.1, 0.15) is 24.4 Å². The van der Waals surface area contributed by atoms with Crippen LogP contribution < -0.4 is 10.4 Å². The molecule has 0 amide bonds. The number of benzene rings is 4. The number of hydrogen-bond acceptors (Lipinski definition) is 6. The van der Waals surface area contributed by atoms with E-state index < -0.39 is 39.0 Å². The maximum atomic E-state index is 7.29. The molecule has 1 heterocycles. The zero-order valence-corrected chi connectivity index (χ0v) is 28.0. The van der Waals surface area contributed by atoms with Crippen LogP contribution in [0.3, 0.4) is 0 Å². The van der Waals surface area contributed by atoms with Gasteiger partial charge in [-0.3, -0.25) is 0 Å². The SMILES string of the molecule is CO[C@H]1O[C@H](CO[Si](c2ccccc2)(c2ccccc2)C(C)(C)C)[C@@H](OC)[C@H](OCc2ccccc2)[C@H]1OCc1ccccc1. The predicted octanol–water partition coefficient (Wildman–Crippen LogP) is 6.12. The van der Waals surface area contributed by atoms with Crippen LogP contribution in [0, 0.1) is 0 Å². The van der Waals surface area contributed by atoms with Gasteiger partial charge in [-0.15, -0.1) is 0 Å². The lowest BCUT2D eigenvalue weighted by atomic mass is 9.98. The molecule has 0 saturated carbocycles. The van der Waals surface area contributed by atoms with Crippen molar-refractivity contribution in [1.29, 1.82) is 0 Å². The summed E-state index contributed by atoms with van der Waals surface area (Å²) in [5, 5.41) is 2.23. The van der Waals surface area contributed by atoms with E-state index in [0.717, 1.165) is 11.1 Å². The Labute approximate surface area is 269 Å². The van der Waals surface area contributed by atoms with Gasteiger partial charge < -0.3 is 28.1 Å². The molecule has 0 unspecified atom stereocenters. The molecule has 1 aliphatic heterocycles. The third kappa shape index (κ3) is 7.64. The smallest absolute Gasteiger partial charge is 0.261 e. The van der Waals surface area contributed by atoms with Crippen LogP contribution in [-0.2, 0) is 41.3 Å². The highest BCUT2D eigenvalue weighted by Crippen LogP contribution is 2.38. The number of methoxy groups -OCH3 is 2. The van der Waals surface area contributed by atoms with Gasteiger partial charge in [-0.05, 0) is 26.5 Å². The summed E-state index contributed by atoms with van der Waals surface area (Å²) in [4.78, 5) is 0. The highest BCUT2D eigenvalue weighted by atomic mass is 28.4. The van der Waals surface area contributed by atoms with Crippen molar-refractivity contribution in [1.82, 2.24) is 0 Å². The van der Waals surface area contributed by atoms with Gasteiger partial charge in [0.25, 0.3) is 8.32 Å². The topological polar surface area (TPSA) is 55.4 Å². The van der Waals surface area contributed by atoms with Gasteiger partial charge in [0.15, 0.2) is 6.29 Å². The summed E-state index contributed by atoms with van der Waals surface area (Å²) < 4.78 is 39.2. The van der Waals surface area contributed by atoms with E-state index in [4.69, 9.17) is 28.1 Å². The minimum Gasteiger partial charge on any atom is -0.405 e. The van der Waals surface area contributed by atoms with Crippen molar-refractivity contribution in [3.63, 3.8) is 0 Å². The molecule has 6 nitrogen and oxygen atoms in total. The normalized spacial score (nSPS) is 22.3. The van der Waals surface area contributed by atoms with Crippen LogP contribution in [-0.4, -0.2) is 59.8 Å². The van der Waals surface area contributed by atoms with E-state index >= 15 is 0 Å². The summed E-state index contributed by atoms with van der Waals surface area (Å²) in [6, 6.07) is 41.4. The average Bonchev–Trinajstić information content (AvgIpc) is 3.07. The molecule has 238 valence electrons. The summed E-state index contributed by atoms with van der Waals surface area (Å²) in [6.07, 6.45) is -2.65. The molecule has 0 aliphatic carbocycles.